The first-order chi connectivity index (χ1) is 12.9. The minimum absolute atomic E-state index is 0. The predicted molar refractivity (Wildman–Crippen MR) is 115 cm³/mol. The first-order valence-corrected chi connectivity index (χ1v) is 9.01. The molecule has 8 heteroatoms. The van der Waals surface area contributed by atoms with Crippen LogP contribution in [-0.4, -0.2) is 32.3 Å². The summed E-state index contributed by atoms with van der Waals surface area (Å²) in [6.45, 7) is 5.45. The summed E-state index contributed by atoms with van der Waals surface area (Å²) in [7, 11) is 1.47. The molecule has 6 nitrogen and oxygen atoms in total. The number of nitrogens with one attached hydrogen (secondary N) is 1. The van der Waals surface area contributed by atoms with E-state index in [1.165, 1.54) is 19.2 Å². The number of hydrogen-bond acceptors (Lipinski definition) is 5. The molecule has 0 saturated heterocycles. The quantitative estimate of drug-likeness (QED) is 0.452. The van der Waals surface area contributed by atoms with Gasteiger partial charge in [-0.2, -0.15) is 0 Å². The number of halogens is 2. The Morgan fingerprint density at radius 3 is 2.64 bits per heavy atom. The summed E-state index contributed by atoms with van der Waals surface area (Å²) in [4.78, 5) is 12.6. The summed E-state index contributed by atoms with van der Waals surface area (Å²) in [5.74, 6) is 0.0243. The van der Waals surface area contributed by atoms with E-state index in [1.807, 2.05) is 32.0 Å². The largest absolute Gasteiger partial charge is 0.496 e. The second-order valence-electron chi connectivity index (χ2n) is 6.20. The number of anilines is 2. The van der Waals surface area contributed by atoms with Gasteiger partial charge in [0.2, 0.25) is 0 Å². The third-order valence-corrected chi connectivity index (χ3v) is 4.02. The first-order valence-electron chi connectivity index (χ1n) is 8.63. The van der Waals surface area contributed by atoms with E-state index in [-0.39, 0.29) is 24.4 Å². The Morgan fingerprint density at radius 2 is 1.96 bits per heavy atom. The Hall–Kier alpha value is -1.99. The van der Waals surface area contributed by atoms with E-state index in [0.717, 1.165) is 5.56 Å². The van der Waals surface area contributed by atoms with Crippen LogP contribution >= 0.6 is 24.0 Å². The summed E-state index contributed by atoms with van der Waals surface area (Å²) in [6, 6.07) is 10.5. The molecule has 0 radical (unpaired) electrons. The Kier molecular flexibility index (Phi) is 10.1. The van der Waals surface area contributed by atoms with Crippen LogP contribution in [0.1, 0.15) is 29.8 Å². The van der Waals surface area contributed by atoms with Crippen molar-refractivity contribution >= 4 is 41.3 Å². The van der Waals surface area contributed by atoms with Gasteiger partial charge in [-0.1, -0.05) is 23.7 Å². The highest BCUT2D eigenvalue weighted by atomic mass is 35.5. The lowest BCUT2D eigenvalue weighted by Crippen LogP contribution is -2.14. The summed E-state index contributed by atoms with van der Waals surface area (Å²) >= 11 is 6.03. The van der Waals surface area contributed by atoms with Crippen molar-refractivity contribution in [1.82, 2.24) is 0 Å². The fourth-order valence-corrected chi connectivity index (χ4v) is 2.55. The van der Waals surface area contributed by atoms with Gasteiger partial charge in [-0.3, -0.25) is 4.79 Å². The molecular formula is C20H26Cl2N2O4. The molecule has 0 unspecified atom stereocenters. The van der Waals surface area contributed by atoms with Crippen LogP contribution in [0.5, 0.6) is 5.75 Å². The van der Waals surface area contributed by atoms with Gasteiger partial charge in [-0.05, 0) is 37.6 Å². The van der Waals surface area contributed by atoms with Gasteiger partial charge >= 0.3 is 0 Å². The molecule has 3 N–H and O–H groups in total. The second-order valence-corrected chi connectivity index (χ2v) is 6.61. The van der Waals surface area contributed by atoms with E-state index >= 15 is 0 Å². The molecule has 0 fully saturated rings. The maximum absolute atomic E-state index is 12.6. The minimum atomic E-state index is -0.336. The van der Waals surface area contributed by atoms with Gasteiger partial charge in [0.25, 0.3) is 5.91 Å². The number of nitrogen functional groups attached to an aromatic ring is 1. The lowest BCUT2D eigenvalue weighted by atomic mass is 10.1. The molecule has 154 valence electrons. The molecule has 2 aromatic rings. The zero-order valence-electron chi connectivity index (χ0n) is 16.2. The van der Waals surface area contributed by atoms with Gasteiger partial charge in [-0.15, -0.1) is 12.4 Å². The van der Waals surface area contributed by atoms with Crippen LogP contribution in [0.15, 0.2) is 36.4 Å². The molecule has 0 aliphatic carbocycles. The number of methoxy groups -OCH3 is 1. The van der Waals surface area contributed by atoms with Crippen molar-refractivity contribution < 1.29 is 19.0 Å². The average Bonchev–Trinajstić information content (AvgIpc) is 2.63. The monoisotopic (exact) mass is 428 g/mol. The molecule has 0 atom stereocenters. The highest BCUT2D eigenvalue weighted by molar-refractivity contribution is 6.33. The van der Waals surface area contributed by atoms with Crippen LogP contribution in [0.2, 0.25) is 5.02 Å². The van der Waals surface area contributed by atoms with Crippen molar-refractivity contribution in [3.8, 4) is 5.75 Å². The Balaban J connectivity index is 0.00000392. The SMILES string of the molecule is COc1cc(N)c(Cl)cc1C(=O)Nc1cccc(COCCOC(C)C)c1.Cl. The van der Waals surface area contributed by atoms with Crippen molar-refractivity contribution in [2.45, 2.75) is 26.6 Å². The summed E-state index contributed by atoms with van der Waals surface area (Å²) in [5.41, 5.74) is 8.01. The third kappa shape index (κ3) is 7.20. The molecule has 0 aliphatic rings. The number of ether oxygens (including phenoxy) is 3. The molecule has 0 aromatic heterocycles. The first kappa shape index (κ1) is 24.0. The van der Waals surface area contributed by atoms with Crippen molar-refractivity contribution in [3.05, 3.63) is 52.5 Å². The zero-order valence-corrected chi connectivity index (χ0v) is 17.7. The second kappa shape index (κ2) is 11.8. The van der Waals surface area contributed by atoms with Crippen LogP contribution < -0.4 is 15.8 Å². The number of rotatable bonds is 9. The molecule has 0 heterocycles. The number of benzene rings is 2. The van der Waals surface area contributed by atoms with Gasteiger partial charge in [-0.25, -0.2) is 0 Å². The Morgan fingerprint density at radius 1 is 1.21 bits per heavy atom. The zero-order chi connectivity index (χ0) is 19.8. The maximum atomic E-state index is 12.6. The highest BCUT2D eigenvalue weighted by Gasteiger charge is 2.15. The maximum Gasteiger partial charge on any atom is 0.259 e. The lowest BCUT2D eigenvalue weighted by molar-refractivity contribution is 0.0143. The van der Waals surface area contributed by atoms with Crippen LogP contribution in [-0.2, 0) is 16.1 Å². The van der Waals surface area contributed by atoms with Gasteiger partial charge in [0.1, 0.15) is 5.75 Å². The molecule has 0 spiro atoms. The molecule has 2 rings (SSSR count). The predicted octanol–water partition coefficient (Wildman–Crippen LogP) is 4.55. The number of carbonyl (C=O) groups excluding carboxylic acids is 1. The van der Waals surface area contributed by atoms with E-state index in [9.17, 15) is 4.79 Å². The fourth-order valence-electron chi connectivity index (χ4n) is 2.39. The van der Waals surface area contributed by atoms with E-state index < -0.39 is 0 Å². The smallest absolute Gasteiger partial charge is 0.259 e. The number of carbonyl (C=O) groups is 1. The number of nitrogens with two attached hydrogens (primary N) is 1. The van der Waals surface area contributed by atoms with Gasteiger partial charge in [0.05, 0.1) is 49.3 Å². The molecule has 0 saturated carbocycles. The van der Waals surface area contributed by atoms with E-state index in [2.05, 4.69) is 5.32 Å². The fraction of sp³-hybridized carbons (Fsp3) is 0.350. The number of amides is 1. The normalized spacial score (nSPS) is 10.5. The molecule has 0 aliphatic heterocycles. The molecular weight excluding hydrogens is 403 g/mol. The van der Waals surface area contributed by atoms with Crippen molar-refractivity contribution in [3.63, 3.8) is 0 Å². The minimum Gasteiger partial charge on any atom is -0.496 e. The number of hydrogen-bond donors (Lipinski definition) is 2. The lowest BCUT2D eigenvalue weighted by Gasteiger charge is -2.12. The van der Waals surface area contributed by atoms with E-state index in [0.29, 0.717) is 47.5 Å². The van der Waals surface area contributed by atoms with Gasteiger partial charge in [0.15, 0.2) is 0 Å². The summed E-state index contributed by atoms with van der Waals surface area (Å²) in [5, 5.41) is 3.14. The molecule has 2 aromatic carbocycles. The van der Waals surface area contributed by atoms with Crippen LogP contribution in [0, 0.1) is 0 Å². The van der Waals surface area contributed by atoms with Crippen molar-refractivity contribution in [2.24, 2.45) is 0 Å². The van der Waals surface area contributed by atoms with Crippen molar-refractivity contribution in [2.75, 3.05) is 31.4 Å². The van der Waals surface area contributed by atoms with E-state index in [1.54, 1.807) is 6.07 Å². The molecule has 1 amide bonds. The highest BCUT2D eigenvalue weighted by Crippen LogP contribution is 2.29. The van der Waals surface area contributed by atoms with Crippen LogP contribution in [0.4, 0.5) is 11.4 Å². The summed E-state index contributed by atoms with van der Waals surface area (Å²) in [6.07, 6.45) is 0.186. The van der Waals surface area contributed by atoms with Crippen LogP contribution in [0.25, 0.3) is 0 Å². The Bertz CT molecular complexity index is 785. The molecule has 28 heavy (non-hydrogen) atoms. The van der Waals surface area contributed by atoms with Gasteiger partial charge in [0, 0.05) is 11.8 Å². The third-order valence-electron chi connectivity index (χ3n) is 3.70. The summed E-state index contributed by atoms with van der Waals surface area (Å²) < 4.78 is 16.2. The molecule has 0 bridgehead atoms. The van der Waals surface area contributed by atoms with Gasteiger partial charge < -0.3 is 25.3 Å². The topological polar surface area (TPSA) is 82.8 Å². The van der Waals surface area contributed by atoms with Crippen molar-refractivity contribution in [1.29, 1.82) is 0 Å². The standard InChI is InChI=1S/C20H25ClN2O4.ClH/c1-13(2)27-8-7-26-12-14-5-4-6-15(9-14)23-20(24)16-10-17(21)18(22)11-19(16)25-3;/h4-6,9-11,13H,7-8,12,22H2,1-3H3,(H,23,24);1H. The van der Waals surface area contributed by atoms with Crippen LogP contribution in [0.3, 0.4) is 0 Å². The average molecular weight is 429 g/mol. The Labute approximate surface area is 176 Å². The van der Waals surface area contributed by atoms with E-state index in [4.69, 9.17) is 31.5 Å².